The van der Waals surface area contributed by atoms with E-state index in [2.05, 4.69) is 10.6 Å². The molecule has 0 radical (unpaired) electrons. The molecule has 1 amide bonds. The van der Waals surface area contributed by atoms with Crippen LogP contribution in [0.1, 0.15) is 31.2 Å². The van der Waals surface area contributed by atoms with Gasteiger partial charge in [0.2, 0.25) is 5.91 Å². The van der Waals surface area contributed by atoms with Crippen LogP contribution >= 0.6 is 12.4 Å². The van der Waals surface area contributed by atoms with Gasteiger partial charge in [0.15, 0.2) is 0 Å². The summed E-state index contributed by atoms with van der Waals surface area (Å²) >= 11 is 0. The van der Waals surface area contributed by atoms with Crippen LogP contribution in [0.3, 0.4) is 0 Å². The molecule has 5 heteroatoms. The molecule has 1 aromatic carbocycles. The number of benzene rings is 1. The van der Waals surface area contributed by atoms with Gasteiger partial charge in [0.05, 0.1) is 18.1 Å². The zero-order valence-corrected chi connectivity index (χ0v) is 13.5. The van der Waals surface area contributed by atoms with Crippen molar-refractivity contribution in [1.29, 1.82) is 0 Å². The first kappa shape index (κ1) is 18.0. The number of methoxy groups -OCH3 is 1. The molecule has 2 unspecified atom stereocenters. The average molecular weight is 313 g/mol. The summed E-state index contributed by atoms with van der Waals surface area (Å²) < 4.78 is 5.29. The zero-order chi connectivity index (χ0) is 14.4. The number of nitrogens with one attached hydrogen (secondary N) is 2. The molecule has 1 aromatic rings. The summed E-state index contributed by atoms with van der Waals surface area (Å²) in [5.74, 6) is -0.0578. The van der Waals surface area contributed by atoms with E-state index in [9.17, 15) is 4.79 Å². The Morgan fingerprint density at radius 1 is 1.43 bits per heavy atom. The van der Waals surface area contributed by atoms with Gasteiger partial charge in [-0.2, -0.15) is 0 Å². The largest absolute Gasteiger partial charge is 0.383 e. The van der Waals surface area contributed by atoms with E-state index < -0.39 is 0 Å². The highest BCUT2D eigenvalue weighted by Gasteiger charge is 2.34. The SMILES string of the molecule is COCC1(CNC(=O)C(C)c2ccccc2)CCCN1.Cl. The van der Waals surface area contributed by atoms with Crippen LogP contribution in [0.15, 0.2) is 30.3 Å². The van der Waals surface area contributed by atoms with Gasteiger partial charge in [0, 0.05) is 13.7 Å². The number of ether oxygens (including phenoxy) is 1. The molecule has 1 heterocycles. The van der Waals surface area contributed by atoms with E-state index >= 15 is 0 Å². The Labute approximate surface area is 133 Å². The number of carbonyl (C=O) groups excluding carboxylic acids is 1. The van der Waals surface area contributed by atoms with Crippen molar-refractivity contribution in [2.24, 2.45) is 0 Å². The van der Waals surface area contributed by atoms with Crippen LogP contribution in [0, 0.1) is 0 Å². The number of amides is 1. The molecule has 1 aliphatic heterocycles. The lowest BCUT2D eigenvalue weighted by Gasteiger charge is -2.29. The number of hydrogen-bond acceptors (Lipinski definition) is 3. The van der Waals surface area contributed by atoms with Gasteiger partial charge in [-0.15, -0.1) is 12.4 Å². The highest BCUT2D eigenvalue weighted by atomic mass is 35.5. The number of hydrogen-bond donors (Lipinski definition) is 2. The normalized spacial score (nSPS) is 22.4. The van der Waals surface area contributed by atoms with E-state index in [0.29, 0.717) is 13.2 Å². The Bertz CT molecular complexity index is 433. The van der Waals surface area contributed by atoms with Gasteiger partial charge in [0.25, 0.3) is 0 Å². The van der Waals surface area contributed by atoms with Crippen molar-refractivity contribution < 1.29 is 9.53 Å². The minimum Gasteiger partial charge on any atom is -0.383 e. The molecule has 0 aliphatic carbocycles. The van der Waals surface area contributed by atoms with Crippen molar-refractivity contribution in [1.82, 2.24) is 10.6 Å². The molecule has 0 saturated carbocycles. The van der Waals surface area contributed by atoms with Crippen molar-refractivity contribution in [2.75, 3.05) is 26.8 Å². The molecule has 0 spiro atoms. The Balaban J connectivity index is 0.00000220. The second kappa shape index (κ2) is 8.37. The van der Waals surface area contributed by atoms with E-state index in [1.807, 2.05) is 37.3 Å². The first-order chi connectivity index (χ1) is 9.67. The van der Waals surface area contributed by atoms with Gasteiger partial charge in [-0.3, -0.25) is 4.79 Å². The van der Waals surface area contributed by atoms with Crippen molar-refractivity contribution in [3.05, 3.63) is 35.9 Å². The van der Waals surface area contributed by atoms with Gasteiger partial charge in [-0.1, -0.05) is 30.3 Å². The summed E-state index contributed by atoms with van der Waals surface area (Å²) in [6.07, 6.45) is 2.17. The molecule has 1 saturated heterocycles. The van der Waals surface area contributed by atoms with Gasteiger partial charge >= 0.3 is 0 Å². The Hall–Kier alpha value is -1.10. The molecule has 1 aliphatic rings. The van der Waals surface area contributed by atoms with Gasteiger partial charge in [0.1, 0.15) is 0 Å². The molecule has 0 aromatic heterocycles. The van der Waals surface area contributed by atoms with Gasteiger partial charge in [-0.25, -0.2) is 0 Å². The predicted octanol–water partition coefficient (Wildman–Crippen LogP) is 2.10. The summed E-state index contributed by atoms with van der Waals surface area (Å²) in [6.45, 7) is 4.19. The van der Waals surface area contributed by atoms with Crippen LogP contribution in [-0.2, 0) is 9.53 Å². The molecule has 1 fully saturated rings. The minimum absolute atomic E-state index is 0. The lowest BCUT2D eigenvalue weighted by Crippen LogP contribution is -2.53. The monoisotopic (exact) mass is 312 g/mol. The second-order valence-corrected chi connectivity index (χ2v) is 5.59. The molecule has 2 N–H and O–H groups in total. The van der Waals surface area contributed by atoms with Crippen LogP contribution < -0.4 is 10.6 Å². The molecule has 118 valence electrons. The van der Waals surface area contributed by atoms with E-state index in [4.69, 9.17) is 4.74 Å². The predicted molar refractivity (Wildman–Crippen MR) is 87.0 cm³/mol. The maximum absolute atomic E-state index is 12.3. The summed E-state index contributed by atoms with van der Waals surface area (Å²) in [5.41, 5.74) is 0.950. The highest BCUT2D eigenvalue weighted by Crippen LogP contribution is 2.20. The fourth-order valence-electron chi connectivity index (χ4n) is 2.77. The Kier molecular flexibility index (Phi) is 7.15. The second-order valence-electron chi connectivity index (χ2n) is 5.59. The standard InChI is InChI=1S/C16H24N2O2.ClH/c1-13(14-7-4-3-5-8-14)15(19)17-11-16(12-20-2)9-6-10-18-16;/h3-5,7-8,13,18H,6,9-12H2,1-2H3,(H,17,19);1H. The fraction of sp³-hybridized carbons (Fsp3) is 0.562. The Morgan fingerprint density at radius 2 is 2.14 bits per heavy atom. The molecule has 21 heavy (non-hydrogen) atoms. The zero-order valence-electron chi connectivity index (χ0n) is 12.7. The maximum atomic E-state index is 12.3. The topological polar surface area (TPSA) is 50.4 Å². The van der Waals surface area contributed by atoms with E-state index in [0.717, 1.165) is 24.9 Å². The van der Waals surface area contributed by atoms with Gasteiger partial charge < -0.3 is 15.4 Å². The van der Waals surface area contributed by atoms with Crippen LogP contribution in [0.25, 0.3) is 0 Å². The quantitative estimate of drug-likeness (QED) is 0.846. The first-order valence-electron chi connectivity index (χ1n) is 7.23. The van der Waals surface area contributed by atoms with E-state index in [1.54, 1.807) is 7.11 Å². The summed E-state index contributed by atoms with van der Waals surface area (Å²) in [5, 5.41) is 6.53. The summed E-state index contributed by atoms with van der Waals surface area (Å²) in [6, 6.07) is 9.87. The van der Waals surface area contributed by atoms with Crippen molar-refractivity contribution in [2.45, 2.75) is 31.2 Å². The summed E-state index contributed by atoms with van der Waals surface area (Å²) in [4.78, 5) is 12.3. The number of rotatable bonds is 6. The first-order valence-corrected chi connectivity index (χ1v) is 7.23. The Morgan fingerprint density at radius 3 is 2.71 bits per heavy atom. The third kappa shape index (κ3) is 4.70. The van der Waals surface area contributed by atoms with E-state index in [-0.39, 0.29) is 29.8 Å². The third-order valence-electron chi connectivity index (χ3n) is 4.05. The van der Waals surface area contributed by atoms with Crippen LogP contribution in [-0.4, -0.2) is 38.3 Å². The van der Waals surface area contributed by atoms with Crippen molar-refractivity contribution in [3.63, 3.8) is 0 Å². The van der Waals surface area contributed by atoms with Crippen molar-refractivity contribution in [3.8, 4) is 0 Å². The molecule has 2 rings (SSSR count). The molecule has 0 bridgehead atoms. The lowest BCUT2D eigenvalue weighted by molar-refractivity contribution is -0.122. The number of halogens is 1. The molecular formula is C16H25ClN2O2. The number of carbonyl (C=O) groups is 1. The third-order valence-corrected chi connectivity index (χ3v) is 4.05. The molecule has 4 nitrogen and oxygen atoms in total. The molecular weight excluding hydrogens is 288 g/mol. The van der Waals surface area contributed by atoms with E-state index in [1.165, 1.54) is 0 Å². The maximum Gasteiger partial charge on any atom is 0.227 e. The minimum atomic E-state index is -0.128. The van der Waals surface area contributed by atoms with Crippen LogP contribution in [0.5, 0.6) is 0 Å². The van der Waals surface area contributed by atoms with Crippen molar-refractivity contribution >= 4 is 18.3 Å². The highest BCUT2D eigenvalue weighted by molar-refractivity contribution is 5.85. The average Bonchev–Trinajstić information content (AvgIpc) is 2.94. The fourth-order valence-corrected chi connectivity index (χ4v) is 2.77. The lowest BCUT2D eigenvalue weighted by atomic mass is 9.97. The molecule has 2 atom stereocenters. The summed E-state index contributed by atoms with van der Waals surface area (Å²) in [7, 11) is 1.70. The van der Waals surface area contributed by atoms with Gasteiger partial charge in [-0.05, 0) is 31.9 Å². The van der Waals surface area contributed by atoms with Crippen LogP contribution in [0.4, 0.5) is 0 Å². The van der Waals surface area contributed by atoms with Crippen LogP contribution in [0.2, 0.25) is 0 Å². The smallest absolute Gasteiger partial charge is 0.227 e.